The number of carbonyl (C=O) groups is 1. The molecule has 0 aliphatic carbocycles. The monoisotopic (exact) mass is 415 g/mol. The number of halogens is 2. The Balaban J connectivity index is 2.30. The molecular weight excluding hydrogens is 401 g/mol. The Kier molecular flexibility index (Phi) is 5.16. The predicted octanol–water partition coefficient (Wildman–Crippen LogP) is 4.42. The maximum atomic E-state index is 12.4. The topological polar surface area (TPSA) is 54.9 Å². The molecule has 0 unspecified atom stereocenters. The molecule has 0 radical (unpaired) electrons. The fourth-order valence-corrected chi connectivity index (χ4v) is 2.59. The normalized spacial score (nSPS) is 10.8. The highest BCUT2D eigenvalue weighted by molar-refractivity contribution is 14.1. The quantitative estimate of drug-likeness (QED) is 0.755. The van der Waals surface area contributed by atoms with Gasteiger partial charge in [-0.25, -0.2) is 9.97 Å². The predicted molar refractivity (Wildman–Crippen MR) is 93.0 cm³/mol. The molecular formula is C15H15ClIN3O. The van der Waals surface area contributed by atoms with Crippen LogP contribution >= 0.6 is 34.2 Å². The third-order valence-electron chi connectivity index (χ3n) is 2.93. The third kappa shape index (κ3) is 3.91. The summed E-state index contributed by atoms with van der Waals surface area (Å²) in [5.74, 6) is 0.409. The summed E-state index contributed by atoms with van der Waals surface area (Å²) >= 11 is 8.27. The zero-order chi connectivity index (χ0) is 15.6. The van der Waals surface area contributed by atoms with Crippen LogP contribution in [0.15, 0.2) is 24.4 Å². The lowest BCUT2D eigenvalue weighted by Gasteiger charge is -2.11. The minimum absolute atomic E-state index is 0.133. The van der Waals surface area contributed by atoms with E-state index in [4.69, 9.17) is 11.6 Å². The van der Waals surface area contributed by atoms with Gasteiger partial charge in [-0.1, -0.05) is 25.4 Å². The highest BCUT2D eigenvalue weighted by Crippen LogP contribution is 2.21. The Morgan fingerprint density at radius 1 is 1.38 bits per heavy atom. The molecule has 2 rings (SSSR count). The second-order valence-electron chi connectivity index (χ2n) is 4.99. The van der Waals surface area contributed by atoms with Gasteiger partial charge in [-0.05, 0) is 53.3 Å². The van der Waals surface area contributed by atoms with Gasteiger partial charge in [0.25, 0.3) is 5.91 Å². The van der Waals surface area contributed by atoms with E-state index in [-0.39, 0.29) is 22.5 Å². The van der Waals surface area contributed by atoms with Crippen molar-refractivity contribution in [3.63, 3.8) is 0 Å². The lowest BCUT2D eigenvalue weighted by atomic mass is 10.2. The Morgan fingerprint density at radius 2 is 2.10 bits per heavy atom. The molecule has 1 N–H and O–H groups in total. The number of benzene rings is 1. The zero-order valence-electron chi connectivity index (χ0n) is 11.9. The van der Waals surface area contributed by atoms with Crippen LogP contribution in [-0.2, 0) is 0 Å². The second-order valence-corrected chi connectivity index (χ2v) is 6.65. The molecule has 0 saturated carbocycles. The standard InChI is InChI=1S/C15H15ClIN3O/c1-8(2)14-18-7-11(16)13(20-14)15(21)19-12-5-4-10(17)6-9(12)3/h4-8H,1-3H3,(H,19,21). The van der Waals surface area contributed by atoms with Crippen molar-refractivity contribution in [1.82, 2.24) is 9.97 Å². The maximum absolute atomic E-state index is 12.4. The summed E-state index contributed by atoms with van der Waals surface area (Å²) in [6.07, 6.45) is 1.47. The van der Waals surface area contributed by atoms with Crippen molar-refractivity contribution in [3.05, 3.63) is 50.1 Å². The molecule has 0 atom stereocenters. The fourth-order valence-electron chi connectivity index (χ4n) is 1.77. The summed E-state index contributed by atoms with van der Waals surface area (Å²) < 4.78 is 1.12. The van der Waals surface area contributed by atoms with Crippen molar-refractivity contribution in [1.29, 1.82) is 0 Å². The molecule has 21 heavy (non-hydrogen) atoms. The summed E-state index contributed by atoms with van der Waals surface area (Å²) in [7, 11) is 0. The molecule has 110 valence electrons. The highest BCUT2D eigenvalue weighted by atomic mass is 127. The van der Waals surface area contributed by atoms with E-state index < -0.39 is 0 Å². The van der Waals surface area contributed by atoms with Crippen LogP contribution in [0.25, 0.3) is 0 Å². The van der Waals surface area contributed by atoms with E-state index in [1.807, 2.05) is 39.0 Å². The first-order valence-electron chi connectivity index (χ1n) is 6.48. The number of aryl methyl sites for hydroxylation is 1. The molecule has 0 saturated heterocycles. The van der Waals surface area contributed by atoms with Gasteiger partial charge in [0.1, 0.15) is 5.82 Å². The van der Waals surface area contributed by atoms with Crippen molar-refractivity contribution in [2.24, 2.45) is 0 Å². The molecule has 2 aromatic rings. The van der Waals surface area contributed by atoms with Crippen LogP contribution in [-0.4, -0.2) is 15.9 Å². The van der Waals surface area contributed by atoms with Crippen molar-refractivity contribution < 1.29 is 4.79 Å². The summed E-state index contributed by atoms with van der Waals surface area (Å²) in [6.45, 7) is 5.88. The fraction of sp³-hybridized carbons (Fsp3) is 0.267. The van der Waals surface area contributed by atoms with Crippen LogP contribution in [0.2, 0.25) is 5.02 Å². The first-order chi connectivity index (χ1) is 9.88. The van der Waals surface area contributed by atoms with Gasteiger partial charge >= 0.3 is 0 Å². The Hall–Kier alpha value is -1.21. The minimum atomic E-state index is -0.325. The average molecular weight is 416 g/mol. The van der Waals surface area contributed by atoms with Crippen molar-refractivity contribution in [2.75, 3.05) is 5.32 Å². The molecule has 0 aliphatic rings. The number of aromatic nitrogens is 2. The lowest BCUT2D eigenvalue weighted by Crippen LogP contribution is -2.17. The third-order valence-corrected chi connectivity index (χ3v) is 3.88. The molecule has 1 aromatic heterocycles. The van der Waals surface area contributed by atoms with Gasteiger partial charge in [0.2, 0.25) is 0 Å². The van der Waals surface area contributed by atoms with Gasteiger partial charge in [-0.3, -0.25) is 4.79 Å². The van der Waals surface area contributed by atoms with E-state index in [1.54, 1.807) is 0 Å². The molecule has 0 bridgehead atoms. The smallest absolute Gasteiger partial charge is 0.275 e. The molecule has 0 fully saturated rings. The number of amides is 1. The van der Waals surface area contributed by atoms with Crippen molar-refractivity contribution in [3.8, 4) is 0 Å². The van der Waals surface area contributed by atoms with Crippen LogP contribution in [0.3, 0.4) is 0 Å². The van der Waals surface area contributed by atoms with Crippen LogP contribution in [0.5, 0.6) is 0 Å². The first-order valence-corrected chi connectivity index (χ1v) is 7.94. The highest BCUT2D eigenvalue weighted by Gasteiger charge is 2.16. The van der Waals surface area contributed by atoms with Gasteiger partial charge in [0, 0.05) is 15.2 Å². The minimum Gasteiger partial charge on any atom is -0.320 e. The van der Waals surface area contributed by atoms with Crippen LogP contribution in [0.4, 0.5) is 5.69 Å². The van der Waals surface area contributed by atoms with Crippen LogP contribution in [0, 0.1) is 10.5 Å². The number of nitrogens with zero attached hydrogens (tertiary/aromatic N) is 2. The van der Waals surface area contributed by atoms with E-state index in [2.05, 4.69) is 37.9 Å². The number of hydrogen-bond acceptors (Lipinski definition) is 3. The second kappa shape index (κ2) is 6.70. The number of carbonyl (C=O) groups excluding carboxylic acids is 1. The molecule has 0 aliphatic heterocycles. The number of rotatable bonds is 3. The number of nitrogens with one attached hydrogen (secondary N) is 1. The largest absolute Gasteiger partial charge is 0.320 e. The van der Waals surface area contributed by atoms with Gasteiger partial charge in [0.05, 0.1) is 11.2 Å². The van der Waals surface area contributed by atoms with Crippen molar-refractivity contribution in [2.45, 2.75) is 26.7 Å². The average Bonchev–Trinajstić information content (AvgIpc) is 2.42. The lowest BCUT2D eigenvalue weighted by molar-refractivity contribution is 0.102. The zero-order valence-corrected chi connectivity index (χ0v) is 14.9. The van der Waals surface area contributed by atoms with E-state index in [0.29, 0.717) is 5.82 Å². The molecule has 1 heterocycles. The number of hydrogen-bond donors (Lipinski definition) is 1. The summed E-state index contributed by atoms with van der Waals surface area (Å²) in [5, 5.41) is 3.09. The Labute approximate surface area is 142 Å². The number of anilines is 1. The van der Waals surface area contributed by atoms with E-state index in [0.717, 1.165) is 14.8 Å². The summed E-state index contributed by atoms with van der Waals surface area (Å²) in [6, 6.07) is 5.80. The van der Waals surface area contributed by atoms with E-state index >= 15 is 0 Å². The van der Waals surface area contributed by atoms with Gasteiger partial charge in [-0.2, -0.15) is 0 Å². The summed E-state index contributed by atoms with van der Waals surface area (Å²) in [5.41, 5.74) is 1.94. The van der Waals surface area contributed by atoms with Crippen molar-refractivity contribution >= 4 is 45.8 Å². The molecule has 1 amide bonds. The molecule has 4 nitrogen and oxygen atoms in total. The van der Waals surface area contributed by atoms with Crippen LogP contribution in [0.1, 0.15) is 41.6 Å². The van der Waals surface area contributed by atoms with Crippen LogP contribution < -0.4 is 5.32 Å². The SMILES string of the molecule is Cc1cc(I)ccc1NC(=O)c1nc(C(C)C)ncc1Cl. The molecule has 6 heteroatoms. The first kappa shape index (κ1) is 16.2. The van der Waals surface area contributed by atoms with Gasteiger partial charge < -0.3 is 5.32 Å². The van der Waals surface area contributed by atoms with E-state index in [1.165, 1.54) is 6.20 Å². The van der Waals surface area contributed by atoms with Gasteiger partial charge in [0.15, 0.2) is 5.69 Å². The summed E-state index contributed by atoms with van der Waals surface area (Å²) in [4.78, 5) is 20.8. The Bertz CT molecular complexity index is 689. The molecule has 0 spiro atoms. The van der Waals surface area contributed by atoms with E-state index in [9.17, 15) is 4.79 Å². The maximum Gasteiger partial charge on any atom is 0.275 e. The molecule has 1 aromatic carbocycles. The Morgan fingerprint density at radius 3 is 2.71 bits per heavy atom. The van der Waals surface area contributed by atoms with Gasteiger partial charge in [-0.15, -0.1) is 0 Å².